The maximum Gasteiger partial charge on any atom is 0.126 e. The van der Waals surface area contributed by atoms with Gasteiger partial charge in [-0.2, -0.15) is 0 Å². The van der Waals surface area contributed by atoms with Crippen LogP contribution in [-0.2, 0) is 0 Å². The molecule has 0 heterocycles. The van der Waals surface area contributed by atoms with E-state index in [-0.39, 0.29) is 5.82 Å². The lowest BCUT2D eigenvalue weighted by atomic mass is 9.92. The van der Waals surface area contributed by atoms with Crippen LogP contribution >= 0.6 is 0 Å². The summed E-state index contributed by atoms with van der Waals surface area (Å²) in [7, 11) is 0. The van der Waals surface area contributed by atoms with E-state index in [0.717, 1.165) is 17.5 Å². The lowest BCUT2D eigenvalue weighted by Crippen LogP contribution is -2.00. The summed E-state index contributed by atoms with van der Waals surface area (Å²) in [6, 6.07) is 5.33. The van der Waals surface area contributed by atoms with Crippen molar-refractivity contribution in [2.75, 3.05) is 0 Å². The molecule has 0 saturated carbocycles. The molecule has 0 aliphatic carbocycles. The Balaban J connectivity index is 2.82. The van der Waals surface area contributed by atoms with Crippen LogP contribution in [0.4, 0.5) is 4.39 Å². The lowest BCUT2D eigenvalue weighted by molar-refractivity contribution is 0.557. The molecule has 0 aromatic heterocycles. The Labute approximate surface area is 86.2 Å². The smallest absolute Gasteiger partial charge is 0.126 e. The van der Waals surface area contributed by atoms with Crippen LogP contribution < -0.4 is 0 Å². The van der Waals surface area contributed by atoms with E-state index in [4.69, 9.17) is 0 Å². The summed E-state index contributed by atoms with van der Waals surface area (Å²) in [6.45, 7) is 6.27. The number of hydrogen-bond donors (Lipinski definition) is 0. The van der Waals surface area contributed by atoms with Crippen LogP contribution in [0, 0.1) is 12.7 Å². The molecule has 0 saturated heterocycles. The minimum absolute atomic E-state index is 0.0476. The zero-order valence-electron chi connectivity index (χ0n) is 9.31. The molecule has 78 valence electrons. The molecule has 0 bridgehead atoms. The molecule has 0 aliphatic rings. The standard InChI is InChI=1S/C13H19F/c1-4-5-7-10(2)13-11(3)8-6-9-12(13)14/h6,8-10H,4-5,7H2,1-3H3. The summed E-state index contributed by atoms with van der Waals surface area (Å²) in [5, 5.41) is 0. The average Bonchev–Trinajstić information content (AvgIpc) is 2.14. The Morgan fingerprint density at radius 1 is 1.36 bits per heavy atom. The van der Waals surface area contributed by atoms with Crippen molar-refractivity contribution < 1.29 is 4.39 Å². The highest BCUT2D eigenvalue weighted by Gasteiger charge is 2.12. The molecule has 1 atom stereocenters. The predicted octanol–water partition coefficient (Wildman–Crippen LogP) is 4.43. The fourth-order valence-corrected chi connectivity index (χ4v) is 1.92. The van der Waals surface area contributed by atoms with Crippen LogP contribution in [0.2, 0.25) is 0 Å². The summed E-state index contributed by atoms with van der Waals surface area (Å²) in [5.74, 6) is 0.296. The molecule has 1 heteroatoms. The number of hydrogen-bond acceptors (Lipinski definition) is 0. The fourth-order valence-electron chi connectivity index (χ4n) is 1.92. The maximum absolute atomic E-state index is 13.5. The van der Waals surface area contributed by atoms with Crippen molar-refractivity contribution in [1.29, 1.82) is 0 Å². The largest absolute Gasteiger partial charge is 0.207 e. The van der Waals surface area contributed by atoms with E-state index in [1.807, 2.05) is 13.0 Å². The van der Waals surface area contributed by atoms with Gasteiger partial charge in [0.15, 0.2) is 0 Å². The van der Waals surface area contributed by atoms with Crippen LogP contribution in [-0.4, -0.2) is 0 Å². The Hall–Kier alpha value is -0.850. The molecule has 0 amide bonds. The van der Waals surface area contributed by atoms with E-state index in [2.05, 4.69) is 13.8 Å². The van der Waals surface area contributed by atoms with Crippen LogP contribution in [0.5, 0.6) is 0 Å². The summed E-state index contributed by atoms with van der Waals surface area (Å²) < 4.78 is 13.5. The number of rotatable bonds is 4. The summed E-state index contributed by atoms with van der Waals surface area (Å²) in [5.41, 5.74) is 1.98. The first kappa shape index (κ1) is 11.2. The number of halogens is 1. The molecule has 0 aliphatic heterocycles. The Morgan fingerprint density at radius 3 is 2.64 bits per heavy atom. The molecule has 0 N–H and O–H groups in total. The molecule has 0 nitrogen and oxygen atoms in total. The van der Waals surface area contributed by atoms with E-state index in [0.29, 0.717) is 5.92 Å². The molecular weight excluding hydrogens is 175 g/mol. The van der Waals surface area contributed by atoms with Gasteiger partial charge in [-0.05, 0) is 36.5 Å². The second-order valence-electron chi connectivity index (χ2n) is 4.01. The van der Waals surface area contributed by atoms with Crippen LogP contribution in [0.3, 0.4) is 0 Å². The molecule has 1 unspecified atom stereocenters. The Morgan fingerprint density at radius 2 is 2.07 bits per heavy atom. The van der Waals surface area contributed by atoms with Gasteiger partial charge in [0.1, 0.15) is 5.82 Å². The zero-order valence-corrected chi connectivity index (χ0v) is 9.31. The topological polar surface area (TPSA) is 0 Å². The van der Waals surface area contributed by atoms with Gasteiger partial charge in [0.05, 0.1) is 0 Å². The summed E-state index contributed by atoms with van der Waals surface area (Å²) >= 11 is 0. The molecule has 0 spiro atoms. The van der Waals surface area contributed by atoms with Gasteiger partial charge in [-0.1, -0.05) is 38.8 Å². The van der Waals surface area contributed by atoms with Crippen molar-refractivity contribution in [3.05, 3.63) is 35.1 Å². The number of aryl methyl sites for hydroxylation is 1. The van der Waals surface area contributed by atoms with E-state index in [1.165, 1.54) is 12.8 Å². The third-order valence-corrected chi connectivity index (χ3v) is 2.75. The van der Waals surface area contributed by atoms with Gasteiger partial charge in [0.2, 0.25) is 0 Å². The highest BCUT2D eigenvalue weighted by Crippen LogP contribution is 2.26. The summed E-state index contributed by atoms with van der Waals surface area (Å²) in [4.78, 5) is 0. The SMILES string of the molecule is CCCCC(C)c1c(C)cccc1F. The van der Waals surface area contributed by atoms with Crippen molar-refractivity contribution in [3.8, 4) is 0 Å². The molecular formula is C13H19F. The number of unbranched alkanes of at least 4 members (excludes halogenated alkanes) is 1. The maximum atomic E-state index is 13.5. The van der Waals surface area contributed by atoms with Gasteiger partial charge in [-0.25, -0.2) is 4.39 Å². The minimum Gasteiger partial charge on any atom is -0.207 e. The Kier molecular flexibility index (Phi) is 4.12. The third kappa shape index (κ3) is 2.57. The Bertz CT molecular complexity index is 271. The lowest BCUT2D eigenvalue weighted by Gasteiger charge is -2.14. The zero-order chi connectivity index (χ0) is 10.6. The molecule has 14 heavy (non-hydrogen) atoms. The first-order valence-corrected chi connectivity index (χ1v) is 5.41. The van der Waals surface area contributed by atoms with Crippen molar-refractivity contribution in [2.45, 2.75) is 46.0 Å². The minimum atomic E-state index is -0.0476. The summed E-state index contributed by atoms with van der Waals surface area (Å²) in [6.07, 6.45) is 3.44. The fraction of sp³-hybridized carbons (Fsp3) is 0.538. The molecule has 0 radical (unpaired) electrons. The van der Waals surface area contributed by atoms with Gasteiger partial charge in [-0.3, -0.25) is 0 Å². The third-order valence-electron chi connectivity index (χ3n) is 2.75. The van der Waals surface area contributed by atoms with Crippen molar-refractivity contribution in [1.82, 2.24) is 0 Å². The van der Waals surface area contributed by atoms with E-state index in [9.17, 15) is 4.39 Å². The molecule has 1 aromatic rings. The van der Waals surface area contributed by atoms with Crippen LogP contribution in [0.15, 0.2) is 18.2 Å². The van der Waals surface area contributed by atoms with Gasteiger partial charge in [0, 0.05) is 0 Å². The van der Waals surface area contributed by atoms with E-state index in [1.54, 1.807) is 12.1 Å². The van der Waals surface area contributed by atoms with Gasteiger partial charge >= 0.3 is 0 Å². The highest BCUT2D eigenvalue weighted by atomic mass is 19.1. The van der Waals surface area contributed by atoms with E-state index >= 15 is 0 Å². The normalized spacial score (nSPS) is 12.9. The van der Waals surface area contributed by atoms with Crippen molar-refractivity contribution >= 4 is 0 Å². The van der Waals surface area contributed by atoms with E-state index < -0.39 is 0 Å². The van der Waals surface area contributed by atoms with Crippen molar-refractivity contribution in [2.24, 2.45) is 0 Å². The van der Waals surface area contributed by atoms with Crippen molar-refractivity contribution in [3.63, 3.8) is 0 Å². The highest BCUT2D eigenvalue weighted by molar-refractivity contribution is 5.30. The predicted molar refractivity (Wildman–Crippen MR) is 59.1 cm³/mol. The molecule has 1 aromatic carbocycles. The second-order valence-corrected chi connectivity index (χ2v) is 4.01. The van der Waals surface area contributed by atoms with Gasteiger partial charge in [0.25, 0.3) is 0 Å². The molecule has 0 fully saturated rings. The second kappa shape index (κ2) is 5.14. The average molecular weight is 194 g/mol. The van der Waals surface area contributed by atoms with Crippen LogP contribution in [0.25, 0.3) is 0 Å². The van der Waals surface area contributed by atoms with Gasteiger partial charge in [-0.15, -0.1) is 0 Å². The monoisotopic (exact) mass is 194 g/mol. The molecule has 1 rings (SSSR count). The quantitative estimate of drug-likeness (QED) is 0.665. The van der Waals surface area contributed by atoms with Gasteiger partial charge < -0.3 is 0 Å². The van der Waals surface area contributed by atoms with Crippen LogP contribution in [0.1, 0.15) is 50.2 Å². The first-order chi connectivity index (χ1) is 6.66. The first-order valence-electron chi connectivity index (χ1n) is 5.41. The number of benzene rings is 1.